The van der Waals surface area contributed by atoms with Crippen LogP contribution in [0.25, 0.3) is 0 Å². The number of hydrogen-bond donors (Lipinski definition) is 7. The molecule has 0 spiro atoms. The first kappa shape index (κ1) is 51.3. The predicted molar refractivity (Wildman–Crippen MR) is 211 cm³/mol. The first-order valence-corrected chi connectivity index (χ1v) is 21.3. The van der Waals surface area contributed by atoms with E-state index >= 15 is 0 Å². The van der Waals surface area contributed by atoms with E-state index in [4.69, 9.17) is 38.2 Å². The molecule has 3 aromatic rings. The molecule has 5 atom stereocenters. The minimum absolute atomic E-state index is 0.0878. The summed E-state index contributed by atoms with van der Waals surface area (Å²) in [7, 11) is -4.89. The first-order chi connectivity index (χ1) is 30.0. The average Bonchev–Trinajstić information content (AvgIpc) is 3.71. The number of carbonyl (C=O) groups is 2. The second-order valence-corrected chi connectivity index (χ2v) is 15.2. The zero-order valence-electron chi connectivity index (χ0n) is 34.5. The van der Waals surface area contributed by atoms with Crippen molar-refractivity contribution < 1.29 is 90.1 Å². The number of nitrogens with zero attached hydrogens (tertiary/aromatic N) is 3. The molecule has 25 heteroatoms. The fraction of sp³-hybridized carbons (Fsp3) is 0.579. The molecule has 0 unspecified atom stereocenters. The van der Waals surface area contributed by atoms with Crippen LogP contribution in [0.1, 0.15) is 36.1 Å². The molecule has 1 saturated heterocycles. The van der Waals surface area contributed by atoms with Crippen LogP contribution in [0.15, 0.2) is 30.5 Å². The zero-order chi connectivity index (χ0) is 45.9. The third kappa shape index (κ3) is 17.3. The van der Waals surface area contributed by atoms with Gasteiger partial charge in [0.1, 0.15) is 30.2 Å². The molecule has 0 aliphatic carbocycles. The van der Waals surface area contributed by atoms with Gasteiger partial charge in [-0.1, -0.05) is 5.21 Å². The number of anilines is 1. The van der Waals surface area contributed by atoms with Gasteiger partial charge in [0.05, 0.1) is 78.1 Å². The number of hydrogen-bond acceptors (Lipinski definition) is 16. The Kier molecular flexibility index (Phi) is 21.1. The fourth-order valence-electron chi connectivity index (χ4n) is 5.63. The Bertz CT molecular complexity index is 1920. The molecule has 352 valence electrons. The number of phosphoric acid groups is 1. The van der Waals surface area contributed by atoms with Gasteiger partial charge in [-0.3, -0.25) is 9.32 Å². The van der Waals surface area contributed by atoms with Crippen LogP contribution in [0.4, 0.5) is 23.7 Å². The monoisotopic (exact) mass is 923 g/mol. The number of aliphatic hydroxyl groups excluding tert-OH is 3. The van der Waals surface area contributed by atoms with E-state index in [0.717, 1.165) is 12.1 Å². The Labute approximate surface area is 359 Å². The highest BCUT2D eigenvalue weighted by atomic mass is 31.2. The van der Waals surface area contributed by atoms with Crippen molar-refractivity contribution in [2.45, 2.75) is 76.8 Å². The van der Waals surface area contributed by atoms with Gasteiger partial charge in [-0.15, -0.1) is 5.10 Å². The third-order valence-corrected chi connectivity index (χ3v) is 9.72. The van der Waals surface area contributed by atoms with Crippen LogP contribution in [0.2, 0.25) is 0 Å². The lowest BCUT2D eigenvalue weighted by Crippen LogP contribution is -2.60. The van der Waals surface area contributed by atoms with E-state index in [2.05, 4.69) is 30.2 Å². The summed E-state index contributed by atoms with van der Waals surface area (Å²) in [6.45, 7) is 4.57. The Balaban J connectivity index is 0.955. The summed E-state index contributed by atoms with van der Waals surface area (Å²) >= 11 is 0. The number of phosphoric ester groups is 1. The Morgan fingerprint density at radius 2 is 1.44 bits per heavy atom. The number of benzene rings is 2. The first-order valence-electron chi connectivity index (χ1n) is 19.8. The van der Waals surface area contributed by atoms with Crippen LogP contribution in [0.3, 0.4) is 0 Å². The van der Waals surface area contributed by atoms with Gasteiger partial charge in [-0.25, -0.2) is 22.8 Å². The normalized spacial score (nSPS) is 18.9. The van der Waals surface area contributed by atoms with Crippen molar-refractivity contribution in [1.29, 1.82) is 0 Å². The number of urea groups is 1. The summed E-state index contributed by atoms with van der Waals surface area (Å²) < 4.78 is 96.3. The van der Waals surface area contributed by atoms with Gasteiger partial charge in [0.2, 0.25) is 17.9 Å². The number of amides is 2. The van der Waals surface area contributed by atoms with E-state index < -0.39 is 80.3 Å². The molecular formula is C38H53F3N5O16P. The lowest BCUT2D eigenvalue weighted by molar-refractivity contribution is -0.276. The van der Waals surface area contributed by atoms with Gasteiger partial charge >= 0.3 is 19.8 Å². The molecule has 2 heterocycles. The van der Waals surface area contributed by atoms with Gasteiger partial charge in [0.25, 0.3) is 0 Å². The molecule has 1 aliphatic rings. The number of aryl methyl sites for hydroxylation is 1. The maximum absolute atomic E-state index is 14.2. The number of halogens is 3. The lowest BCUT2D eigenvalue weighted by Gasteiger charge is -2.40. The lowest BCUT2D eigenvalue weighted by atomic mass is 9.99. The topological polar surface area (TPSA) is 281 Å². The summed E-state index contributed by atoms with van der Waals surface area (Å²) in [6.07, 6.45) is -4.47. The van der Waals surface area contributed by atoms with Gasteiger partial charge < -0.3 is 68.9 Å². The molecule has 21 nitrogen and oxygen atoms in total. The number of rotatable bonds is 27. The SMILES string of the molecule is Cc1c(C)c(F)c(OC(=O)CCOCCOCCOCCOCCn2cc(CCCCNC(=O)Nc3ccc(O[C@H]4O[C@H](COP(=O)(O)O)[C@@H](O)[C@H](O)[C@@H]4O)cc3)nn2)c(F)c1F. The number of ether oxygens (including phenoxy) is 7. The summed E-state index contributed by atoms with van der Waals surface area (Å²) in [5, 5.41) is 44.1. The molecule has 4 rings (SSSR count). The molecule has 1 fully saturated rings. The molecule has 63 heavy (non-hydrogen) atoms. The van der Waals surface area contributed by atoms with E-state index in [0.29, 0.717) is 64.7 Å². The number of esters is 1. The van der Waals surface area contributed by atoms with E-state index in [1.54, 1.807) is 4.68 Å². The van der Waals surface area contributed by atoms with Crippen LogP contribution in [0.5, 0.6) is 11.5 Å². The minimum Gasteiger partial charge on any atom is -0.462 e. The van der Waals surface area contributed by atoms with Gasteiger partial charge in [-0.05, 0) is 68.5 Å². The Morgan fingerprint density at radius 3 is 2.10 bits per heavy atom. The van der Waals surface area contributed by atoms with Crippen molar-refractivity contribution in [2.24, 2.45) is 0 Å². The van der Waals surface area contributed by atoms with Crippen LogP contribution < -0.4 is 20.1 Å². The quantitative estimate of drug-likeness (QED) is 0.0189. The maximum atomic E-state index is 14.2. The van der Waals surface area contributed by atoms with Crippen molar-refractivity contribution in [3.8, 4) is 11.5 Å². The Hall–Kier alpha value is -4.30. The molecule has 1 aliphatic heterocycles. The van der Waals surface area contributed by atoms with Crippen molar-refractivity contribution in [3.63, 3.8) is 0 Å². The van der Waals surface area contributed by atoms with E-state index in [9.17, 15) is 42.6 Å². The highest BCUT2D eigenvalue weighted by molar-refractivity contribution is 7.46. The average molecular weight is 924 g/mol. The van der Waals surface area contributed by atoms with E-state index in [-0.39, 0.29) is 43.1 Å². The molecule has 2 amide bonds. The van der Waals surface area contributed by atoms with Crippen LogP contribution in [-0.4, -0.2) is 149 Å². The van der Waals surface area contributed by atoms with Crippen LogP contribution in [0, 0.1) is 31.3 Å². The number of unbranched alkanes of at least 4 members (excludes halogenated alkanes) is 1. The molecule has 2 aromatic carbocycles. The second-order valence-electron chi connectivity index (χ2n) is 13.9. The summed E-state index contributed by atoms with van der Waals surface area (Å²) in [5.41, 5.74) is 0.861. The highest BCUT2D eigenvalue weighted by Gasteiger charge is 2.45. The third-order valence-electron chi connectivity index (χ3n) is 9.23. The van der Waals surface area contributed by atoms with Crippen LogP contribution >= 0.6 is 7.82 Å². The largest absolute Gasteiger partial charge is 0.469 e. The number of nitrogens with one attached hydrogen (secondary N) is 2. The van der Waals surface area contributed by atoms with Crippen LogP contribution in [-0.2, 0) is 50.5 Å². The molecular weight excluding hydrogens is 870 g/mol. The molecule has 1 aromatic heterocycles. The minimum atomic E-state index is -4.89. The van der Waals surface area contributed by atoms with E-state index in [1.807, 2.05) is 6.20 Å². The highest BCUT2D eigenvalue weighted by Crippen LogP contribution is 2.37. The predicted octanol–water partition coefficient (Wildman–Crippen LogP) is 1.81. The standard InChI is InChI=1S/C38H53F3N5O16P/c1-23-24(2)31(40)36(32(41)30(23)39)62-29(47)10-13-55-15-17-57-19-20-58-18-16-56-14-12-46-21-26(44-45-46)5-3-4-11-42-38(51)43-25-6-8-27(9-7-25)60-37-35(50)34(49)33(48)28(61-37)22-59-63(52,53)54/h6-9,21,28,33-35,37,48-50H,3-5,10-20,22H2,1-2H3,(H2,42,43,51)(H2,52,53,54)/t28-,33-,34+,35+,37+/m1/s1. The number of aliphatic hydroxyl groups is 3. The zero-order valence-corrected chi connectivity index (χ0v) is 35.4. The van der Waals surface area contributed by atoms with Crippen molar-refractivity contribution >= 4 is 25.5 Å². The molecule has 0 bridgehead atoms. The molecule has 0 saturated carbocycles. The Morgan fingerprint density at radius 1 is 0.825 bits per heavy atom. The van der Waals surface area contributed by atoms with Crippen molar-refractivity contribution in [3.05, 3.63) is 64.7 Å². The van der Waals surface area contributed by atoms with E-state index in [1.165, 1.54) is 38.1 Å². The molecule has 0 radical (unpaired) electrons. The smallest absolute Gasteiger partial charge is 0.462 e. The second kappa shape index (κ2) is 25.9. The van der Waals surface area contributed by atoms with Crippen molar-refractivity contribution in [1.82, 2.24) is 20.3 Å². The summed E-state index contributed by atoms with van der Waals surface area (Å²) in [5.74, 6) is -5.84. The number of aromatic nitrogens is 3. The van der Waals surface area contributed by atoms with Gasteiger partial charge in [0, 0.05) is 18.4 Å². The summed E-state index contributed by atoms with van der Waals surface area (Å²) in [4.78, 5) is 42.1. The summed E-state index contributed by atoms with van der Waals surface area (Å²) in [6, 6.07) is 5.49. The molecule has 7 N–H and O–H groups in total. The van der Waals surface area contributed by atoms with Gasteiger partial charge in [0.15, 0.2) is 11.6 Å². The fourth-order valence-corrected chi connectivity index (χ4v) is 5.97. The number of carbonyl (C=O) groups excluding carboxylic acids is 2. The maximum Gasteiger partial charge on any atom is 0.469 e. The van der Waals surface area contributed by atoms with Gasteiger partial charge in [-0.2, -0.15) is 4.39 Å². The van der Waals surface area contributed by atoms with Crippen molar-refractivity contribution in [2.75, 3.05) is 71.3 Å².